The smallest absolute Gasteiger partial charge is 1.00 e. The van der Waals surface area contributed by atoms with Crippen LogP contribution >= 0.6 is 0 Å². The van der Waals surface area contributed by atoms with Crippen molar-refractivity contribution >= 4 is 0 Å². The van der Waals surface area contributed by atoms with Crippen LogP contribution in [0, 0.1) is 24.7 Å². The van der Waals surface area contributed by atoms with Gasteiger partial charge in [0.15, 0.2) is 0 Å². The van der Waals surface area contributed by atoms with E-state index in [0.29, 0.717) is 0 Å². The van der Waals surface area contributed by atoms with Crippen LogP contribution in [0.2, 0.25) is 0 Å². The summed E-state index contributed by atoms with van der Waals surface area (Å²) in [5.74, 6) is 2.87. The maximum Gasteiger partial charge on any atom is 4.00 e. The molecule has 4 aliphatic rings. The van der Waals surface area contributed by atoms with Gasteiger partial charge < -0.3 is 30.5 Å². The van der Waals surface area contributed by atoms with Gasteiger partial charge in [-0.25, -0.2) is 12.1 Å². The molecule has 0 aromatic heterocycles. The molecule has 4 heteroatoms. The minimum atomic E-state index is 0. The molecule has 0 heterocycles. The van der Waals surface area contributed by atoms with Crippen molar-refractivity contribution < 1.29 is 46.5 Å². The third kappa shape index (κ3) is 5.31. The summed E-state index contributed by atoms with van der Waals surface area (Å²) >= 11 is 0. The molecule has 1 N–H and O–H groups in total. The van der Waals surface area contributed by atoms with Crippen molar-refractivity contribution in [3.63, 3.8) is 0 Å². The number of halogens is 2. The Bertz CT molecular complexity index is 409. The van der Waals surface area contributed by atoms with Gasteiger partial charge in [-0.15, -0.1) is 5.54 Å². The Morgan fingerprint density at radius 3 is 1.73 bits per heavy atom. The fraction of sp³-hybridized carbons (Fsp3) is 0.722. The zero-order valence-corrected chi connectivity index (χ0v) is 16.7. The summed E-state index contributed by atoms with van der Waals surface area (Å²) in [4.78, 5) is 0. The Labute approximate surface area is 163 Å². The second kappa shape index (κ2) is 9.18. The topological polar surface area (TPSA) is 23.8 Å². The van der Waals surface area contributed by atoms with Crippen LogP contribution in [0.25, 0.3) is 5.73 Å². The minimum Gasteiger partial charge on any atom is -1.00 e. The maximum absolute atomic E-state index is 8.21. The zero-order valence-electron chi connectivity index (χ0n) is 13.7. The molecular weight excluding hydrogens is 349 g/mol. The molecule has 5 rings (SSSR count). The summed E-state index contributed by atoms with van der Waals surface area (Å²) in [6.45, 7) is 4.30. The SMILES string of the molecule is CCc1ccc(C)[cH-]1.[Cl-].[Cl-].[NH-]C12CC3CC(CC(C3)C1)C2.[Ti+4]. The Hall–Kier alpha value is 0.604. The molecule has 4 bridgehead atoms. The first-order valence-corrected chi connectivity index (χ1v) is 8.03. The van der Waals surface area contributed by atoms with E-state index in [1.165, 1.54) is 49.7 Å². The molecule has 0 saturated heterocycles. The molecule has 1 nitrogen and oxygen atoms in total. The van der Waals surface area contributed by atoms with Gasteiger partial charge in [0.2, 0.25) is 0 Å². The summed E-state index contributed by atoms with van der Waals surface area (Å²) in [5, 5.41) is 0. The van der Waals surface area contributed by atoms with Gasteiger partial charge in [0, 0.05) is 0 Å². The number of aryl methyl sites for hydroxylation is 2. The largest absolute Gasteiger partial charge is 4.00 e. The number of nitrogens with one attached hydrogen (secondary N) is 1. The van der Waals surface area contributed by atoms with E-state index in [-0.39, 0.29) is 52.1 Å². The van der Waals surface area contributed by atoms with Crippen LogP contribution < -0.4 is 24.8 Å². The number of hydrogen-bond donors (Lipinski definition) is 0. The molecule has 4 fully saturated rings. The van der Waals surface area contributed by atoms with Gasteiger partial charge in [0.1, 0.15) is 0 Å². The Balaban J connectivity index is 0.000000368. The van der Waals surface area contributed by atoms with Crippen LogP contribution in [-0.2, 0) is 28.1 Å². The summed E-state index contributed by atoms with van der Waals surface area (Å²) in [6, 6.07) is 6.55. The van der Waals surface area contributed by atoms with Gasteiger partial charge in [-0.05, 0) is 37.0 Å². The van der Waals surface area contributed by atoms with Gasteiger partial charge in [-0.1, -0.05) is 39.5 Å². The molecule has 122 valence electrons. The summed E-state index contributed by atoms with van der Waals surface area (Å²) in [5.41, 5.74) is 11.1. The van der Waals surface area contributed by atoms with Crippen molar-refractivity contribution in [3.8, 4) is 0 Å². The normalized spacial score (nSPS) is 33.7. The number of hydrogen-bond acceptors (Lipinski definition) is 0. The fourth-order valence-electron chi connectivity index (χ4n) is 4.96. The van der Waals surface area contributed by atoms with E-state index in [9.17, 15) is 0 Å². The van der Waals surface area contributed by atoms with E-state index >= 15 is 0 Å². The summed E-state index contributed by atoms with van der Waals surface area (Å²) in [7, 11) is 0. The third-order valence-corrected chi connectivity index (χ3v) is 5.42. The van der Waals surface area contributed by atoms with Gasteiger partial charge in [-0.3, -0.25) is 0 Å². The van der Waals surface area contributed by atoms with Crippen molar-refractivity contribution in [3.05, 3.63) is 35.1 Å². The summed E-state index contributed by atoms with van der Waals surface area (Å²) < 4.78 is 0. The van der Waals surface area contributed by atoms with Crippen molar-refractivity contribution in [2.75, 3.05) is 0 Å². The Morgan fingerprint density at radius 2 is 1.50 bits per heavy atom. The molecule has 0 spiro atoms. The van der Waals surface area contributed by atoms with Crippen molar-refractivity contribution in [1.29, 1.82) is 0 Å². The van der Waals surface area contributed by atoms with E-state index in [4.69, 9.17) is 5.73 Å². The molecule has 1 aromatic rings. The molecule has 1 aromatic carbocycles. The summed E-state index contributed by atoms with van der Waals surface area (Å²) in [6.07, 6.45) is 9.28. The first kappa shape index (κ1) is 22.6. The van der Waals surface area contributed by atoms with Gasteiger partial charge in [-0.2, -0.15) is 17.2 Å². The average Bonchev–Trinajstić information content (AvgIpc) is 2.72. The standard InChI is InChI=1S/C10H16N.C8H11.2ClH.Ti/c11-10-4-7-1-8(5-10)3-9(2-7)6-10;1-3-8-5-4-7(2)6-8;;;/h7-9,11H,1-6H2;4-6H,3H2,1-2H3;2*1H;/q2*-1;;;+4/p-2. The predicted octanol–water partition coefficient (Wildman–Crippen LogP) is -0.711. The first-order chi connectivity index (χ1) is 9.06. The van der Waals surface area contributed by atoms with Crippen LogP contribution in [0.5, 0.6) is 0 Å². The zero-order chi connectivity index (χ0) is 13.5. The first-order valence-electron chi connectivity index (χ1n) is 8.03. The molecule has 0 unspecified atom stereocenters. The third-order valence-electron chi connectivity index (χ3n) is 5.42. The molecule has 0 aliphatic heterocycles. The molecule has 0 atom stereocenters. The molecule has 4 saturated carbocycles. The van der Waals surface area contributed by atoms with E-state index in [1.54, 1.807) is 0 Å². The van der Waals surface area contributed by atoms with E-state index in [1.807, 2.05) is 0 Å². The van der Waals surface area contributed by atoms with Crippen LogP contribution in [0.3, 0.4) is 0 Å². The van der Waals surface area contributed by atoms with Gasteiger partial charge in [0.25, 0.3) is 0 Å². The number of rotatable bonds is 1. The molecule has 22 heavy (non-hydrogen) atoms. The van der Waals surface area contributed by atoms with E-state index in [0.717, 1.165) is 24.2 Å². The quantitative estimate of drug-likeness (QED) is 0.457. The van der Waals surface area contributed by atoms with Gasteiger partial charge in [0.05, 0.1) is 0 Å². The van der Waals surface area contributed by atoms with Crippen LogP contribution in [0.15, 0.2) is 18.2 Å². The van der Waals surface area contributed by atoms with Crippen molar-refractivity contribution in [1.82, 2.24) is 0 Å². The monoisotopic (exact) mass is 375 g/mol. The van der Waals surface area contributed by atoms with Crippen LogP contribution in [-0.4, -0.2) is 5.54 Å². The second-order valence-corrected chi connectivity index (χ2v) is 7.35. The average molecular weight is 376 g/mol. The Morgan fingerprint density at radius 1 is 1.05 bits per heavy atom. The predicted molar refractivity (Wildman–Crippen MR) is 81.4 cm³/mol. The van der Waals surface area contributed by atoms with Crippen molar-refractivity contribution in [2.24, 2.45) is 17.8 Å². The van der Waals surface area contributed by atoms with E-state index in [2.05, 4.69) is 32.0 Å². The molecule has 4 aliphatic carbocycles. The van der Waals surface area contributed by atoms with Crippen LogP contribution in [0.1, 0.15) is 56.6 Å². The molecule has 0 radical (unpaired) electrons. The minimum absolute atomic E-state index is 0. The van der Waals surface area contributed by atoms with Crippen molar-refractivity contribution in [2.45, 2.75) is 64.3 Å². The maximum atomic E-state index is 8.21. The fourth-order valence-corrected chi connectivity index (χ4v) is 4.96. The molecular formula is C18H27Cl2NTi. The van der Waals surface area contributed by atoms with Gasteiger partial charge >= 0.3 is 21.7 Å². The molecule has 0 amide bonds. The van der Waals surface area contributed by atoms with Crippen LogP contribution in [0.4, 0.5) is 0 Å². The second-order valence-electron chi connectivity index (χ2n) is 7.35. The Kier molecular flexibility index (Phi) is 9.43. The van der Waals surface area contributed by atoms with E-state index < -0.39 is 0 Å².